The van der Waals surface area contributed by atoms with Crippen molar-refractivity contribution in [2.75, 3.05) is 93.3 Å². The van der Waals surface area contributed by atoms with E-state index in [9.17, 15) is 9.59 Å². The number of nitrogens with two attached hydrogens (primary N) is 1. The Labute approximate surface area is 603 Å². The van der Waals surface area contributed by atoms with Gasteiger partial charge in [0.25, 0.3) is 20.4 Å². The Bertz CT molecular complexity index is 4570. The quantitative estimate of drug-likeness (QED) is 0.0560. The minimum atomic E-state index is -0.152. The summed E-state index contributed by atoms with van der Waals surface area (Å²) >= 11 is 0. The molecule has 0 saturated carbocycles. The molecule has 26 nitrogen and oxygen atoms in total. The molecule has 10 aromatic rings. The standard InChI is InChI=1S/C36H40N6O6.C26H22N4O6.C10H20N2O.C2H6.2CH4.BH2O/c1-19-30(20(2)48-41-19)27-17-28-26(18-29(27)44-4)31-32(37-21(3)38-35(31)40-28)24-5-6-25(34-33(24)46-15-16-47-34)36(43)39-22-7-11-42(12-8-22)23-9-13-45-14-10-23;1-12-21(13(2)36-30-12)17-9-18-16(10-20(17)32-4)22-23(27-14(3)28-26(22)29-18)15-5-6-19(35-11-31)25-24(15)33-7-8-34-25;11-9-1-5-12(6-2-9)10-3-7-13-8-4-10;1-2;;;1-2/h5-6,17-18,22-23H,7-16H2,1-4H3,(H,39,43)(H,37,38,40);5-6,9-11H,7-8H2,1-4H3,(H,27,28,29);9-10H,1-8,11H2;1-2H3;2*1H4;1-2H/i;;;;;;1T. The van der Waals surface area contributed by atoms with E-state index in [-0.39, 0.29) is 40.6 Å². The van der Waals surface area contributed by atoms with Gasteiger partial charge < -0.3 is 87.5 Å². The largest absolute Gasteiger partial charge is 0.496 e. The first-order chi connectivity index (χ1) is 49.7. The SMILES string of the molecule is C.C.CC.COc1cc2c(cc1-c1c(C)noc1C)[nH]c1nc(C)nc(-c3ccc(C(=O)NC4CCN(C5CCOCC5)CC4)c4c3OCCO4)c12.COc1cc2c(cc1-c1c(C)noc1C)[nH]c1nc(C)nc(-c3ccc(OC=O)c4c3OCCO4)c12.NC1CCN(C2CCOCC2)CC1.[3H][B]O. The summed E-state index contributed by atoms with van der Waals surface area (Å²) in [5.74, 6) is 5.87. The number of hydrogen-bond donors (Lipinski definition) is 5. The summed E-state index contributed by atoms with van der Waals surface area (Å²) in [7, 11) is 3.53. The predicted octanol–water partition coefficient (Wildman–Crippen LogP) is 11.9. The molecule has 6 aliphatic rings. The maximum absolute atomic E-state index is 13.7. The zero-order valence-corrected chi connectivity index (χ0v) is 59.1. The van der Waals surface area contributed by atoms with Crippen molar-refractivity contribution in [3.63, 3.8) is 0 Å². The zero-order chi connectivity index (χ0) is 71.7. The second kappa shape index (κ2) is 34.3. The number of rotatable bonds is 12. The molecule has 6 aromatic heterocycles. The Balaban J connectivity index is 0.000000182. The summed E-state index contributed by atoms with van der Waals surface area (Å²) in [5.41, 5.74) is 17.3. The van der Waals surface area contributed by atoms with Gasteiger partial charge in [-0.05, 0) is 155 Å². The van der Waals surface area contributed by atoms with Crippen LogP contribution in [0.3, 0.4) is 0 Å². The summed E-state index contributed by atoms with van der Waals surface area (Å²) in [5, 5.41) is 22.0. The van der Waals surface area contributed by atoms with Crippen LogP contribution in [0, 0.1) is 41.5 Å². The van der Waals surface area contributed by atoms with Crippen molar-refractivity contribution < 1.29 is 66.3 Å². The van der Waals surface area contributed by atoms with Crippen LogP contribution in [0.5, 0.6) is 40.2 Å². The number of nitrogens with zero attached hydrogens (tertiary/aromatic N) is 8. The van der Waals surface area contributed by atoms with Crippen LogP contribution in [0.25, 0.3) is 88.6 Å². The number of ether oxygens (including phenoxy) is 9. The third-order valence-electron chi connectivity index (χ3n) is 19.5. The lowest BCUT2D eigenvalue weighted by molar-refractivity contribution is -0.120. The fourth-order valence-electron chi connectivity index (χ4n) is 14.7. The highest BCUT2D eigenvalue weighted by Crippen LogP contribution is 2.50. The lowest BCUT2D eigenvalue weighted by atomic mass is 9.98. The lowest BCUT2D eigenvalue weighted by Crippen LogP contribution is -2.49. The summed E-state index contributed by atoms with van der Waals surface area (Å²) in [4.78, 5) is 55.9. The molecule has 549 valence electrons. The second-order valence-corrected chi connectivity index (χ2v) is 25.6. The van der Waals surface area contributed by atoms with E-state index in [1.165, 1.54) is 38.8 Å². The van der Waals surface area contributed by atoms with Crippen molar-refractivity contribution in [3.8, 4) is 85.0 Å². The van der Waals surface area contributed by atoms with Crippen molar-refractivity contribution in [1.82, 2.24) is 55.3 Å². The number of methoxy groups -OCH3 is 2. The van der Waals surface area contributed by atoms with E-state index < -0.39 is 0 Å². The third kappa shape index (κ3) is 15.8. The summed E-state index contributed by atoms with van der Waals surface area (Å²) in [6, 6.07) is 17.1. The predicted molar refractivity (Wildman–Crippen MR) is 398 cm³/mol. The van der Waals surface area contributed by atoms with E-state index in [1.807, 2.05) is 97.9 Å². The maximum Gasteiger partial charge on any atom is 0.298 e. The molecule has 12 heterocycles. The number of carbonyl (C=O) groups excluding carboxylic acids is 2. The molecule has 0 aliphatic carbocycles. The summed E-state index contributed by atoms with van der Waals surface area (Å²) in [6.07, 6.45) is 8.79. The molecule has 0 bridgehead atoms. The number of benzene rings is 4. The van der Waals surface area contributed by atoms with Gasteiger partial charge in [-0.15, -0.1) is 0 Å². The van der Waals surface area contributed by atoms with Gasteiger partial charge in [0.1, 0.15) is 72.4 Å². The molecule has 103 heavy (non-hydrogen) atoms. The van der Waals surface area contributed by atoms with E-state index in [0.717, 1.165) is 143 Å². The first-order valence-corrected chi connectivity index (χ1v) is 34.8. The normalized spacial score (nSPS) is 16.6. The first-order valence-electron chi connectivity index (χ1n) is 35.4. The number of carbonyl (C=O) groups is 2. The van der Waals surface area contributed by atoms with E-state index >= 15 is 0 Å². The Hall–Kier alpha value is -9.38. The van der Waals surface area contributed by atoms with E-state index in [2.05, 4.69) is 40.4 Å². The van der Waals surface area contributed by atoms with Gasteiger partial charge in [0.05, 0.1) is 64.5 Å². The number of amides is 1. The van der Waals surface area contributed by atoms with E-state index in [0.29, 0.717) is 136 Å². The van der Waals surface area contributed by atoms with Crippen LogP contribution in [0.4, 0.5) is 0 Å². The molecule has 4 aromatic carbocycles. The van der Waals surface area contributed by atoms with Gasteiger partial charge in [-0.2, -0.15) is 0 Å². The van der Waals surface area contributed by atoms with Crippen LogP contribution in [0.2, 0.25) is 0 Å². The van der Waals surface area contributed by atoms with Crippen molar-refractivity contribution >= 4 is 64.3 Å². The van der Waals surface area contributed by atoms with Crippen LogP contribution in [0.15, 0.2) is 57.6 Å². The average Bonchev–Trinajstić information content (AvgIpc) is 1.55. The van der Waals surface area contributed by atoms with Gasteiger partial charge in [0, 0.05) is 109 Å². The molecular formula is C76H98BN12O14. The fraction of sp³-hybridized carbons (Fsp3) is 0.474. The Kier molecular flexibility index (Phi) is 24.9. The Morgan fingerprint density at radius 2 is 1.02 bits per heavy atom. The molecular weight excluding hydrogens is 1320 g/mol. The number of aromatic nitrogens is 8. The summed E-state index contributed by atoms with van der Waals surface area (Å²) in [6.45, 7) is 25.0. The summed E-state index contributed by atoms with van der Waals surface area (Å²) < 4.78 is 68.4. The molecule has 0 atom stereocenters. The number of likely N-dealkylation sites (tertiary alicyclic amines) is 2. The second-order valence-electron chi connectivity index (χ2n) is 25.6. The van der Waals surface area contributed by atoms with Crippen LogP contribution in [-0.2, 0) is 14.3 Å². The molecule has 6 aliphatic heterocycles. The van der Waals surface area contributed by atoms with Crippen molar-refractivity contribution in [3.05, 3.63) is 88.7 Å². The number of piperidine rings is 2. The van der Waals surface area contributed by atoms with Gasteiger partial charge in [-0.1, -0.05) is 39.0 Å². The molecule has 0 unspecified atom stereocenters. The first kappa shape index (κ1) is 74.8. The van der Waals surface area contributed by atoms with Crippen LogP contribution in [0.1, 0.15) is 125 Å². The number of aromatic amines is 2. The van der Waals surface area contributed by atoms with Crippen LogP contribution >= 0.6 is 0 Å². The van der Waals surface area contributed by atoms with Gasteiger partial charge in [0.2, 0.25) is 5.75 Å². The fourth-order valence-corrected chi connectivity index (χ4v) is 14.7. The Morgan fingerprint density at radius 3 is 1.46 bits per heavy atom. The van der Waals surface area contributed by atoms with Gasteiger partial charge in [-0.3, -0.25) is 9.59 Å². The molecule has 4 saturated heterocycles. The van der Waals surface area contributed by atoms with E-state index in [4.69, 9.17) is 78.7 Å². The maximum atomic E-state index is 13.7. The molecule has 27 heteroatoms. The minimum absolute atomic E-state index is 0. The van der Waals surface area contributed by atoms with Gasteiger partial charge in [-0.25, -0.2) is 19.9 Å². The Morgan fingerprint density at radius 1 is 0.592 bits per heavy atom. The highest BCUT2D eigenvalue weighted by molar-refractivity contribution is 6.16. The van der Waals surface area contributed by atoms with Crippen LogP contribution in [-0.4, -0.2) is 194 Å². The van der Waals surface area contributed by atoms with Crippen molar-refractivity contribution in [1.29, 1.82) is 1.34 Å². The monoisotopic (exact) mass is 1420 g/mol. The molecule has 4 fully saturated rings. The molecule has 16 rings (SSSR count). The van der Waals surface area contributed by atoms with Gasteiger partial charge in [0.15, 0.2) is 23.0 Å². The highest BCUT2D eigenvalue weighted by atomic mass is 16.6. The van der Waals surface area contributed by atoms with Crippen molar-refractivity contribution in [2.24, 2.45) is 5.73 Å². The van der Waals surface area contributed by atoms with E-state index in [1.54, 1.807) is 20.3 Å². The number of nitrogens with one attached hydrogen (secondary N) is 3. The van der Waals surface area contributed by atoms with Crippen LogP contribution < -0.4 is 44.2 Å². The molecule has 1 amide bonds. The molecule has 6 N–H and O–H groups in total. The smallest absolute Gasteiger partial charge is 0.298 e. The third-order valence-corrected chi connectivity index (χ3v) is 19.5. The zero-order valence-electron chi connectivity index (χ0n) is 60.1. The number of H-pyrrole nitrogens is 2. The topological polar surface area (TPSA) is 317 Å². The average molecular weight is 1420 g/mol. The lowest BCUT2D eigenvalue weighted by Gasteiger charge is -2.39. The molecule has 0 spiro atoms. The minimum Gasteiger partial charge on any atom is -0.496 e. The molecule has 1 radical (unpaired) electrons. The highest BCUT2D eigenvalue weighted by Gasteiger charge is 2.33. The number of hydrogen-bond acceptors (Lipinski definition) is 23. The van der Waals surface area contributed by atoms with Crippen molar-refractivity contribution in [2.45, 2.75) is 146 Å². The number of fused-ring (bicyclic) bond motifs is 8. The number of aryl methyl sites for hydroxylation is 6. The van der Waals surface area contributed by atoms with Gasteiger partial charge >= 0.3 is 0 Å².